The van der Waals surface area contributed by atoms with Crippen molar-refractivity contribution in [2.75, 3.05) is 24.3 Å². The van der Waals surface area contributed by atoms with Crippen LogP contribution in [0.1, 0.15) is 27.2 Å². The minimum atomic E-state index is -0.454. The first kappa shape index (κ1) is 14.5. The summed E-state index contributed by atoms with van der Waals surface area (Å²) in [4.78, 5) is 14.0. The average molecular weight is 250 g/mol. The molecule has 1 rings (SSSR count). The molecule has 0 spiro atoms. The molecule has 18 heavy (non-hydrogen) atoms. The molecule has 0 heterocycles. The number of methoxy groups -OCH3 is 1. The molecule has 0 saturated carbocycles. The summed E-state index contributed by atoms with van der Waals surface area (Å²) in [6, 6.07) is 7.35. The van der Waals surface area contributed by atoms with Gasteiger partial charge in [0.05, 0.1) is 12.0 Å². The molecule has 0 atom stereocenters. The number of carbonyl (C=O) groups excluding carboxylic acids is 1. The second kappa shape index (κ2) is 5.87. The van der Waals surface area contributed by atoms with Crippen molar-refractivity contribution in [3.63, 3.8) is 0 Å². The van der Waals surface area contributed by atoms with Crippen molar-refractivity contribution in [2.24, 2.45) is 0 Å². The van der Waals surface area contributed by atoms with Crippen molar-refractivity contribution in [1.82, 2.24) is 0 Å². The van der Waals surface area contributed by atoms with Gasteiger partial charge in [-0.2, -0.15) is 0 Å². The Kier molecular flexibility index (Phi) is 4.73. The first-order chi connectivity index (χ1) is 8.39. The molecule has 4 nitrogen and oxygen atoms in total. The smallest absolute Gasteiger partial charge is 0.229 e. The van der Waals surface area contributed by atoms with Gasteiger partial charge in [0, 0.05) is 25.0 Å². The topological polar surface area (TPSA) is 55.6 Å². The van der Waals surface area contributed by atoms with Crippen LogP contribution in [0.4, 0.5) is 11.4 Å². The fourth-order valence-electron chi connectivity index (χ4n) is 1.73. The zero-order valence-corrected chi connectivity index (χ0v) is 11.6. The SMILES string of the molecule is CCN(C(=O)CC(C)(C)OC)c1cccc(N)c1. The maximum atomic E-state index is 12.3. The molecule has 0 radical (unpaired) electrons. The van der Waals surface area contributed by atoms with Crippen molar-refractivity contribution >= 4 is 17.3 Å². The molecule has 0 aromatic heterocycles. The van der Waals surface area contributed by atoms with Gasteiger partial charge in [-0.1, -0.05) is 6.07 Å². The van der Waals surface area contributed by atoms with Gasteiger partial charge in [-0.3, -0.25) is 4.79 Å². The molecule has 100 valence electrons. The first-order valence-electron chi connectivity index (χ1n) is 6.10. The van der Waals surface area contributed by atoms with Crippen LogP contribution in [0.25, 0.3) is 0 Å². The Bertz CT molecular complexity index is 416. The second-order valence-corrected chi connectivity index (χ2v) is 4.87. The Labute approximate surface area is 109 Å². The van der Waals surface area contributed by atoms with E-state index in [1.165, 1.54) is 0 Å². The lowest BCUT2D eigenvalue weighted by Crippen LogP contribution is -2.37. The van der Waals surface area contributed by atoms with E-state index in [2.05, 4.69) is 0 Å². The molecule has 0 aliphatic heterocycles. The van der Waals surface area contributed by atoms with Gasteiger partial charge in [-0.15, -0.1) is 0 Å². The van der Waals surface area contributed by atoms with E-state index in [1.807, 2.05) is 32.9 Å². The van der Waals surface area contributed by atoms with Crippen molar-refractivity contribution in [3.8, 4) is 0 Å². The first-order valence-corrected chi connectivity index (χ1v) is 6.10. The van der Waals surface area contributed by atoms with Gasteiger partial charge in [-0.05, 0) is 39.0 Å². The minimum Gasteiger partial charge on any atom is -0.399 e. The number of nitrogens with zero attached hydrogens (tertiary/aromatic N) is 1. The molecule has 0 fully saturated rings. The molecular formula is C14H22N2O2. The van der Waals surface area contributed by atoms with Crippen LogP contribution in [0, 0.1) is 0 Å². The van der Waals surface area contributed by atoms with Crippen LogP contribution < -0.4 is 10.6 Å². The molecule has 0 unspecified atom stereocenters. The molecular weight excluding hydrogens is 228 g/mol. The summed E-state index contributed by atoms with van der Waals surface area (Å²) in [5, 5.41) is 0. The van der Waals surface area contributed by atoms with Gasteiger partial charge < -0.3 is 15.4 Å². The maximum absolute atomic E-state index is 12.3. The molecule has 0 aliphatic rings. The minimum absolute atomic E-state index is 0.0370. The number of hydrogen-bond acceptors (Lipinski definition) is 3. The van der Waals surface area contributed by atoms with Gasteiger partial charge in [0.1, 0.15) is 0 Å². The Hall–Kier alpha value is -1.55. The second-order valence-electron chi connectivity index (χ2n) is 4.87. The summed E-state index contributed by atoms with van der Waals surface area (Å²) >= 11 is 0. The van der Waals surface area contributed by atoms with E-state index in [1.54, 1.807) is 24.1 Å². The van der Waals surface area contributed by atoms with Crippen LogP contribution in [0.5, 0.6) is 0 Å². The molecule has 4 heteroatoms. The number of nitrogen functional groups attached to an aromatic ring is 1. The third kappa shape index (κ3) is 3.74. The molecule has 0 aliphatic carbocycles. The van der Waals surface area contributed by atoms with Gasteiger partial charge in [-0.25, -0.2) is 0 Å². The Morgan fingerprint density at radius 1 is 1.44 bits per heavy atom. The molecule has 0 saturated heterocycles. The summed E-state index contributed by atoms with van der Waals surface area (Å²) in [7, 11) is 1.62. The molecule has 0 bridgehead atoms. The highest BCUT2D eigenvalue weighted by molar-refractivity contribution is 5.94. The molecule has 1 aromatic rings. The quantitative estimate of drug-likeness (QED) is 0.817. The highest BCUT2D eigenvalue weighted by atomic mass is 16.5. The summed E-state index contributed by atoms with van der Waals surface area (Å²) in [5.74, 6) is 0.0370. The predicted molar refractivity (Wildman–Crippen MR) is 74.6 cm³/mol. The molecule has 1 amide bonds. The summed E-state index contributed by atoms with van der Waals surface area (Å²) in [6.45, 7) is 6.36. The van der Waals surface area contributed by atoms with Crippen molar-refractivity contribution in [2.45, 2.75) is 32.8 Å². The highest BCUT2D eigenvalue weighted by Crippen LogP contribution is 2.21. The number of benzene rings is 1. The maximum Gasteiger partial charge on any atom is 0.229 e. The molecule has 1 aromatic carbocycles. The Balaban J connectivity index is 2.87. The van der Waals surface area contributed by atoms with Gasteiger partial charge in [0.25, 0.3) is 0 Å². The van der Waals surface area contributed by atoms with Crippen LogP contribution in [0.15, 0.2) is 24.3 Å². The average Bonchev–Trinajstić information content (AvgIpc) is 2.29. The van der Waals surface area contributed by atoms with Crippen LogP contribution in [0.3, 0.4) is 0 Å². The van der Waals surface area contributed by atoms with E-state index in [-0.39, 0.29) is 5.91 Å². The largest absolute Gasteiger partial charge is 0.399 e. The fourth-order valence-corrected chi connectivity index (χ4v) is 1.73. The zero-order valence-electron chi connectivity index (χ0n) is 11.6. The molecule has 2 N–H and O–H groups in total. The number of carbonyl (C=O) groups is 1. The van der Waals surface area contributed by atoms with Crippen LogP contribution in [-0.4, -0.2) is 25.2 Å². The van der Waals surface area contributed by atoms with E-state index in [4.69, 9.17) is 10.5 Å². The van der Waals surface area contributed by atoms with E-state index >= 15 is 0 Å². The van der Waals surface area contributed by atoms with Gasteiger partial charge in [0.2, 0.25) is 5.91 Å². The Morgan fingerprint density at radius 2 is 2.11 bits per heavy atom. The van der Waals surface area contributed by atoms with Crippen molar-refractivity contribution < 1.29 is 9.53 Å². The number of anilines is 2. The third-order valence-electron chi connectivity index (χ3n) is 2.93. The fraction of sp³-hybridized carbons (Fsp3) is 0.500. The Morgan fingerprint density at radius 3 is 2.61 bits per heavy atom. The van der Waals surface area contributed by atoms with Crippen molar-refractivity contribution in [3.05, 3.63) is 24.3 Å². The van der Waals surface area contributed by atoms with Gasteiger partial charge >= 0.3 is 0 Å². The zero-order chi connectivity index (χ0) is 13.8. The van der Waals surface area contributed by atoms with Crippen molar-refractivity contribution in [1.29, 1.82) is 0 Å². The summed E-state index contributed by atoms with van der Waals surface area (Å²) < 4.78 is 5.29. The lowest BCUT2D eigenvalue weighted by atomic mass is 10.0. The van der Waals surface area contributed by atoms with E-state index in [9.17, 15) is 4.79 Å². The number of ether oxygens (including phenoxy) is 1. The standard InChI is InChI=1S/C14H22N2O2/c1-5-16(12-8-6-7-11(15)9-12)13(17)10-14(2,3)18-4/h6-9H,5,10,15H2,1-4H3. The monoisotopic (exact) mass is 250 g/mol. The lowest BCUT2D eigenvalue weighted by molar-refractivity contribution is -0.123. The summed E-state index contributed by atoms with van der Waals surface area (Å²) in [6.07, 6.45) is 0.339. The van der Waals surface area contributed by atoms with Crippen LogP contribution in [-0.2, 0) is 9.53 Å². The highest BCUT2D eigenvalue weighted by Gasteiger charge is 2.24. The number of amides is 1. The van der Waals surface area contributed by atoms with E-state index in [0.29, 0.717) is 18.7 Å². The van der Waals surface area contributed by atoms with Gasteiger partial charge in [0.15, 0.2) is 0 Å². The lowest BCUT2D eigenvalue weighted by Gasteiger charge is -2.27. The third-order valence-corrected chi connectivity index (χ3v) is 2.93. The number of rotatable bonds is 5. The normalized spacial score (nSPS) is 11.3. The van der Waals surface area contributed by atoms with E-state index < -0.39 is 5.60 Å². The number of nitrogens with two attached hydrogens (primary N) is 1. The predicted octanol–water partition coefficient (Wildman–Crippen LogP) is 2.44. The van der Waals surface area contributed by atoms with Crippen LogP contribution >= 0.6 is 0 Å². The van der Waals surface area contributed by atoms with Crippen LogP contribution in [0.2, 0.25) is 0 Å². The summed E-state index contributed by atoms with van der Waals surface area (Å²) in [5.41, 5.74) is 6.77. The van der Waals surface area contributed by atoms with E-state index in [0.717, 1.165) is 5.69 Å². The number of hydrogen-bond donors (Lipinski definition) is 1.